The number of pyridine rings is 1. The molecule has 0 saturated heterocycles. The Kier molecular flexibility index (Phi) is 5.00. The number of nitrogens with one attached hydrogen (secondary N) is 1. The van der Waals surface area contributed by atoms with Crippen LogP contribution in [0.5, 0.6) is 0 Å². The summed E-state index contributed by atoms with van der Waals surface area (Å²) in [7, 11) is -2.97. The maximum Gasteiger partial charge on any atom is 0.151 e. The molecule has 2 heterocycles. The van der Waals surface area contributed by atoms with Crippen LogP contribution in [0.4, 0.5) is 0 Å². The van der Waals surface area contributed by atoms with Gasteiger partial charge in [-0.3, -0.25) is 0 Å². The topological polar surface area (TPSA) is 64.0 Å². The molecule has 0 saturated carbocycles. The molecule has 2 aromatic rings. The van der Waals surface area contributed by atoms with E-state index >= 15 is 0 Å². The number of rotatable bonds is 7. The van der Waals surface area contributed by atoms with E-state index in [2.05, 4.69) is 24.1 Å². The summed E-state index contributed by atoms with van der Waals surface area (Å²) in [6.45, 7) is 7.09. The number of hydrogen-bond acceptors (Lipinski definition) is 4. The molecule has 0 aliphatic rings. The van der Waals surface area contributed by atoms with Crippen molar-refractivity contribution in [2.75, 3.05) is 11.5 Å². The van der Waals surface area contributed by atoms with Gasteiger partial charge in [0.2, 0.25) is 0 Å². The van der Waals surface area contributed by atoms with Crippen LogP contribution in [-0.2, 0) is 22.9 Å². The highest BCUT2D eigenvalue weighted by Gasteiger charge is 2.12. The summed E-state index contributed by atoms with van der Waals surface area (Å²) in [5.41, 5.74) is 2.00. The minimum atomic E-state index is -2.97. The van der Waals surface area contributed by atoms with E-state index in [9.17, 15) is 8.42 Å². The summed E-state index contributed by atoms with van der Waals surface area (Å²) >= 11 is 0. The average molecular weight is 309 g/mol. The fraction of sp³-hybridized carbons (Fsp3) is 0.533. The summed E-state index contributed by atoms with van der Waals surface area (Å²) in [6.07, 6.45) is 3.75. The molecule has 0 aliphatic heterocycles. The van der Waals surface area contributed by atoms with Crippen LogP contribution >= 0.6 is 0 Å². The maximum atomic E-state index is 11.7. The highest BCUT2D eigenvalue weighted by molar-refractivity contribution is 7.91. The largest absolute Gasteiger partial charge is 0.331 e. The van der Waals surface area contributed by atoms with E-state index in [1.54, 1.807) is 13.1 Å². The van der Waals surface area contributed by atoms with Gasteiger partial charge < -0.3 is 9.88 Å². The fourth-order valence-electron chi connectivity index (χ4n) is 2.20. The summed E-state index contributed by atoms with van der Waals surface area (Å²) in [4.78, 5) is 4.40. The quantitative estimate of drug-likeness (QED) is 0.849. The smallest absolute Gasteiger partial charge is 0.151 e. The summed E-state index contributed by atoms with van der Waals surface area (Å²) in [5, 5.41) is 4.47. The second-order valence-corrected chi connectivity index (χ2v) is 7.97. The molecule has 116 valence electrons. The molecule has 2 rings (SSSR count). The maximum absolute atomic E-state index is 11.7. The molecule has 0 atom stereocenters. The molecule has 6 heteroatoms. The van der Waals surface area contributed by atoms with E-state index < -0.39 is 9.84 Å². The number of fused-ring (bicyclic) bond motifs is 1. The Hall–Kier alpha value is -1.40. The SMILES string of the molecule is CCS(=O)(=O)CCn1cc(CNC(C)C)c2cccnc21. The van der Waals surface area contributed by atoms with Crippen molar-refractivity contribution < 1.29 is 8.42 Å². The molecule has 0 aliphatic carbocycles. The van der Waals surface area contributed by atoms with Crippen molar-refractivity contribution >= 4 is 20.9 Å². The zero-order chi connectivity index (χ0) is 15.5. The van der Waals surface area contributed by atoms with Crippen LogP contribution in [0.2, 0.25) is 0 Å². The van der Waals surface area contributed by atoms with Crippen molar-refractivity contribution in [3.63, 3.8) is 0 Å². The summed E-state index contributed by atoms with van der Waals surface area (Å²) in [6, 6.07) is 4.35. The lowest BCUT2D eigenvalue weighted by atomic mass is 10.2. The van der Waals surface area contributed by atoms with Crippen LogP contribution in [-0.4, -0.2) is 35.5 Å². The fourth-order valence-corrected chi connectivity index (χ4v) is 2.97. The lowest BCUT2D eigenvalue weighted by molar-refractivity contribution is 0.586. The van der Waals surface area contributed by atoms with Crippen LogP contribution in [0.3, 0.4) is 0 Å². The van der Waals surface area contributed by atoms with E-state index in [-0.39, 0.29) is 11.5 Å². The zero-order valence-corrected chi connectivity index (χ0v) is 13.7. The number of nitrogens with zero attached hydrogens (tertiary/aromatic N) is 2. The Labute approximate surface area is 126 Å². The van der Waals surface area contributed by atoms with Gasteiger partial charge in [-0.15, -0.1) is 0 Å². The number of hydrogen-bond donors (Lipinski definition) is 1. The highest BCUT2D eigenvalue weighted by atomic mass is 32.2. The Morgan fingerprint density at radius 1 is 1.38 bits per heavy atom. The normalized spacial score (nSPS) is 12.4. The van der Waals surface area contributed by atoms with Crippen LogP contribution in [0.15, 0.2) is 24.5 Å². The van der Waals surface area contributed by atoms with Gasteiger partial charge in [0.05, 0.1) is 5.75 Å². The second-order valence-electron chi connectivity index (χ2n) is 5.49. The van der Waals surface area contributed by atoms with Crippen molar-refractivity contribution in [3.8, 4) is 0 Å². The molecule has 5 nitrogen and oxygen atoms in total. The van der Waals surface area contributed by atoms with E-state index in [1.165, 1.54) is 0 Å². The summed E-state index contributed by atoms with van der Waals surface area (Å²) in [5.74, 6) is 0.336. The van der Waals surface area contributed by atoms with Gasteiger partial charge in [0.1, 0.15) is 5.65 Å². The van der Waals surface area contributed by atoms with Crippen molar-refractivity contribution in [1.82, 2.24) is 14.9 Å². The van der Waals surface area contributed by atoms with Crippen LogP contribution in [0.25, 0.3) is 11.0 Å². The van der Waals surface area contributed by atoms with Gasteiger partial charge in [0.15, 0.2) is 9.84 Å². The first-order valence-electron chi connectivity index (χ1n) is 7.29. The standard InChI is InChI=1S/C15H23N3O2S/c1-4-21(19,20)9-8-18-11-13(10-17-12(2)3)14-6-5-7-16-15(14)18/h5-7,11-12,17H,4,8-10H2,1-3H3. The van der Waals surface area contributed by atoms with Gasteiger partial charge in [-0.25, -0.2) is 13.4 Å². The molecule has 0 radical (unpaired) electrons. The minimum absolute atomic E-state index is 0.154. The number of sulfone groups is 1. The highest BCUT2D eigenvalue weighted by Crippen LogP contribution is 2.19. The molecule has 0 aromatic carbocycles. The second kappa shape index (κ2) is 6.58. The molecule has 21 heavy (non-hydrogen) atoms. The molecular formula is C15H23N3O2S. The third kappa shape index (κ3) is 4.04. The molecule has 0 spiro atoms. The first kappa shape index (κ1) is 16.0. The predicted molar refractivity (Wildman–Crippen MR) is 86.0 cm³/mol. The van der Waals surface area contributed by atoms with Gasteiger partial charge in [-0.1, -0.05) is 20.8 Å². The Bertz CT molecular complexity index is 705. The van der Waals surface area contributed by atoms with Crippen molar-refractivity contribution in [2.45, 2.75) is 39.9 Å². The molecule has 1 N–H and O–H groups in total. The monoisotopic (exact) mass is 309 g/mol. The van der Waals surface area contributed by atoms with Gasteiger partial charge in [0.25, 0.3) is 0 Å². The first-order chi connectivity index (χ1) is 9.93. The third-order valence-corrected chi connectivity index (χ3v) is 5.18. The van der Waals surface area contributed by atoms with Gasteiger partial charge >= 0.3 is 0 Å². The average Bonchev–Trinajstić information content (AvgIpc) is 2.81. The van der Waals surface area contributed by atoms with E-state index in [4.69, 9.17) is 0 Å². The summed E-state index contributed by atoms with van der Waals surface area (Å²) < 4.78 is 25.3. The lowest BCUT2D eigenvalue weighted by Gasteiger charge is -2.06. The van der Waals surface area contributed by atoms with Gasteiger partial charge in [0, 0.05) is 42.7 Å². The minimum Gasteiger partial charge on any atom is -0.331 e. The molecule has 0 amide bonds. The molecular weight excluding hydrogens is 286 g/mol. The molecule has 0 fully saturated rings. The Morgan fingerprint density at radius 3 is 2.81 bits per heavy atom. The van der Waals surface area contributed by atoms with Gasteiger partial charge in [-0.05, 0) is 17.7 Å². The first-order valence-corrected chi connectivity index (χ1v) is 9.11. The van der Waals surface area contributed by atoms with Crippen molar-refractivity contribution in [3.05, 3.63) is 30.1 Å². The van der Waals surface area contributed by atoms with E-state index in [0.29, 0.717) is 12.6 Å². The zero-order valence-electron chi connectivity index (χ0n) is 12.8. The third-order valence-electron chi connectivity index (χ3n) is 3.50. The molecule has 0 unspecified atom stereocenters. The molecule has 0 bridgehead atoms. The number of aryl methyl sites for hydroxylation is 1. The van der Waals surface area contributed by atoms with Crippen LogP contribution in [0.1, 0.15) is 26.3 Å². The lowest BCUT2D eigenvalue weighted by Crippen LogP contribution is -2.21. The van der Waals surface area contributed by atoms with Gasteiger partial charge in [-0.2, -0.15) is 0 Å². The van der Waals surface area contributed by atoms with Crippen molar-refractivity contribution in [2.24, 2.45) is 0 Å². The van der Waals surface area contributed by atoms with Crippen LogP contribution < -0.4 is 5.32 Å². The Morgan fingerprint density at radius 2 is 2.14 bits per heavy atom. The van der Waals surface area contributed by atoms with Crippen molar-refractivity contribution in [1.29, 1.82) is 0 Å². The van der Waals surface area contributed by atoms with E-state index in [1.807, 2.05) is 22.9 Å². The molecule has 2 aromatic heterocycles. The van der Waals surface area contributed by atoms with Crippen LogP contribution in [0, 0.1) is 0 Å². The Balaban J connectivity index is 2.27. The predicted octanol–water partition coefficient (Wildman–Crippen LogP) is 1.97. The number of aromatic nitrogens is 2. The van der Waals surface area contributed by atoms with E-state index in [0.717, 1.165) is 23.1 Å².